The molecule has 2 aromatic heterocycles. The van der Waals surface area contributed by atoms with E-state index in [2.05, 4.69) is 20.8 Å². The number of carbonyl (C=O) groups excluding carboxylic acids is 1. The van der Waals surface area contributed by atoms with Gasteiger partial charge in [0.2, 0.25) is 0 Å². The maximum absolute atomic E-state index is 12.8. The number of thioether (sulfide) groups is 1. The first-order valence-corrected chi connectivity index (χ1v) is 9.27. The Morgan fingerprint density at radius 3 is 3.00 bits per heavy atom. The van der Waals surface area contributed by atoms with Gasteiger partial charge in [0, 0.05) is 35.2 Å². The molecule has 0 spiro atoms. The molecule has 3 aromatic rings. The van der Waals surface area contributed by atoms with Crippen LogP contribution in [0.3, 0.4) is 0 Å². The van der Waals surface area contributed by atoms with Gasteiger partial charge in [-0.1, -0.05) is 30.0 Å². The molecule has 0 N–H and O–H groups in total. The zero-order chi connectivity index (χ0) is 17.2. The van der Waals surface area contributed by atoms with Gasteiger partial charge >= 0.3 is 0 Å². The van der Waals surface area contributed by atoms with Crippen LogP contribution in [0, 0.1) is 11.3 Å². The van der Waals surface area contributed by atoms with E-state index in [1.165, 1.54) is 11.8 Å². The summed E-state index contributed by atoms with van der Waals surface area (Å²) in [4.78, 5) is 12.8. The molecule has 0 saturated heterocycles. The topological polar surface area (TPSA) is 76.5 Å². The monoisotopic (exact) mass is 351 g/mol. The van der Waals surface area contributed by atoms with Crippen molar-refractivity contribution in [2.45, 2.75) is 37.0 Å². The van der Waals surface area contributed by atoms with E-state index in [1.807, 2.05) is 35.0 Å². The minimum absolute atomic E-state index is 0.0715. The zero-order valence-corrected chi connectivity index (χ0v) is 14.4. The lowest BCUT2D eigenvalue weighted by molar-refractivity contribution is 0.102. The summed E-state index contributed by atoms with van der Waals surface area (Å²) in [6.07, 6.45) is 6.36. The highest BCUT2D eigenvalue weighted by molar-refractivity contribution is 7.99. The summed E-state index contributed by atoms with van der Waals surface area (Å²) in [6.45, 7) is 0.591. The summed E-state index contributed by atoms with van der Waals surface area (Å²) in [6, 6.07) is 10.5. The maximum atomic E-state index is 12.8. The van der Waals surface area contributed by atoms with Gasteiger partial charge in [-0.05, 0) is 18.9 Å². The van der Waals surface area contributed by atoms with Crippen molar-refractivity contribution < 1.29 is 4.79 Å². The fourth-order valence-electron chi connectivity index (χ4n) is 2.97. The lowest BCUT2D eigenvalue weighted by Crippen LogP contribution is -2.04. The predicted molar refractivity (Wildman–Crippen MR) is 95.5 cm³/mol. The summed E-state index contributed by atoms with van der Waals surface area (Å²) in [5.74, 6) is 0.403. The van der Waals surface area contributed by atoms with Crippen molar-refractivity contribution in [3.63, 3.8) is 0 Å². The number of nitriles is 1. The van der Waals surface area contributed by atoms with E-state index in [-0.39, 0.29) is 5.78 Å². The molecule has 0 amide bonds. The number of para-hydroxylation sites is 1. The van der Waals surface area contributed by atoms with Crippen molar-refractivity contribution in [3.8, 4) is 6.07 Å². The molecule has 1 saturated carbocycles. The summed E-state index contributed by atoms with van der Waals surface area (Å²) in [5.41, 5.74) is 1.70. The van der Waals surface area contributed by atoms with E-state index >= 15 is 0 Å². The molecule has 2 heterocycles. The first kappa shape index (κ1) is 15.9. The van der Waals surface area contributed by atoms with Crippen molar-refractivity contribution in [3.05, 3.63) is 42.4 Å². The number of aryl methyl sites for hydroxylation is 1. The van der Waals surface area contributed by atoms with Crippen LogP contribution in [-0.2, 0) is 6.54 Å². The van der Waals surface area contributed by atoms with Crippen LogP contribution in [-0.4, -0.2) is 30.9 Å². The highest BCUT2D eigenvalue weighted by Gasteiger charge is 2.26. The van der Waals surface area contributed by atoms with Crippen LogP contribution in [0.1, 0.15) is 35.7 Å². The molecule has 1 aliphatic rings. The number of aromatic nitrogens is 4. The second-order valence-electron chi connectivity index (χ2n) is 6.13. The number of ketones is 1. The third-order valence-electron chi connectivity index (χ3n) is 4.37. The Balaban J connectivity index is 1.55. The molecule has 126 valence electrons. The highest BCUT2D eigenvalue weighted by Crippen LogP contribution is 2.37. The Morgan fingerprint density at radius 2 is 2.20 bits per heavy atom. The maximum Gasteiger partial charge on any atom is 0.191 e. The Bertz CT molecular complexity index is 963. The van der Waals surface area contributed by atoms with E-state index < -0.39 is 0 Å². The normalized spacial score (nSPS) is 13.9. The minimum atomic E-state index is 0.0715. The average molecular weight is 351 g/mol. The fraction of sp³-hybridized carbons (Fsp3) is 0.333. The smallest absolute Gasteiger partial charge is 0.191 e. The largest absolute Gasteiger partial charge is 0.346 e. The van der Waals surface area contributed by atoms with Gasteiger partial charge in [0.1, 0.15) is 6.33 Å². The van der Waals surface area contributed by atoms with Crippen LogP contribution in [0.15, 0.2) is 41.9 Å². The van der Waals surface area contributed by atoms with Crippen molar-refractivity contribution >= 4 is 28.4 Å². The number of hydrogen-bond donors (Lipinski definition) is 0. The van der Waals surface area contributed by atoms with Crippen LogP contribution in [0.2, 0.25) is 0 Å². The van der Waals surface area contributed by atoms with Crippen LogP contribution in [0.4, 0.5) is 0 Å². The number of nitrogens with zero attached hydrogens (tertiary/aromatic N) is 5. The molecular weight excluding hydrogens is 334 g/mol. The van der Waals surface area contributed by atoms with E-state index in [0.717, 1.165) is 28.9 Å². The van der Waals surface area contributed by atoms with E-state index in [1.54, 1.807) is 6.33 Å². The Morgan fingerprint density at radius 1 is 1.36 bits per heavy atom. The average Bonchev–Trinajstić information content (AvgIpc) is 3.26. The van der Waals surface area contributed by atoms with Gasteiger partial charge in [-0.15, -0.1) is 10.2 Å². The lowest BCUT2D eigenvalue weighted by Gasteiger charge is -2.03. The number of Topliss-reactive ketones (excluding diaryl/α,β-unsaturated/α-hetero) is 1. The number of carbonyl (C=O) groups is 1. The molecule has 7 heteroatoms. The van der Waals surface area contributed by atoms with Gasteiger partial charge in [0.25, 0.3) is 0 Å². The van der Waals surface area contributed by atoms with Crippen molar-refractivity contribution in [1.29, 1.82) is 5.26 Å². The third-order valence-corrected chi connectivity index (χ3v) is 5.32. The molecule has 1 aromatic carbocycles. The molecule has 1 aliphatic carbocycles. The van der Waals surface area contributed by atoms with Gasteiger partial charge in [-0.2, -0.15) is 5.26 Å². The number of rotatable bonds is 7. The number of fused-ring (bicyclic) bond motifs is 1. The Labute approximate surface area is 149 Å². The third kappa shape index (κ3) is 3.17. The molecule has 0 atom stereocenters. The van der Waals surface area contributed by atoms with Crippen molar-refractivity contribution in [2.24, 2.45) is 0 Å². The molecular formula is C18H17N5OS. The molecule has 0 radical (unpaired) electrons. The molecule has 4 rings (SSSR count). The van der Waals surface area contributed by atoms with Crippen molar-refractivity contribution in [2.75, 3.05) is 5.75 Å². The second kappa shape index (κ2) is 6.73. The fourth-order valence-corrected chi connectivity index (χ4v) is 3.84. The van der Waals surface area contributed by atoms with Gasteiger partial charge in [-0.3, -0.25) is 4.79 Å². The number of benzene rings is 1. The summed E-state index contributed by atoms with van der Waals surface area (Å²) < 4.78 is 4.05. The first-order chi connectivity index (χ1) is 12.3. The number of hydrogen-bond acceptors (Lipinski definition) is 5. The summed E-state index contributed by atoms with van der Waals surface area (Å²) in [7, 11) is 0. The minimum Gasteiger partial charge on any atom is -0.346 e. The van der Waals surface area contributed by atoms with Crippen LogP contribution in [0.5, 0.6) is 0 Å². The quantitative estimate of drug-likeness (QED) is 0.481. The van der Waals surface area contributed by atoms with Gasteiger partial charge < -0.3 is 9.13 Å². The SMILES string of the molecule is N#CCCn1cc(C(=O)CSc2nncn2C2CC2)c2ccccc21. The lowest BCUT2D eigenvalue weighted by atomic mass is 10.1. The molecule has 25 heavy (non-hydrogen) atoms. The molecule has 6 nitrogen and oxygen atoms in total. The second-order valence-corrected chi connectivity index (χ2v) is 7.07. The van der Waals surface area contributed by atoms with Gasteiger partial charge in [0.15, 0.2) is 10.9 Å². The summed E-state index contributed by atoms with van der Waals surface area (Å²) >= 11 is 1.44. The first-order valence-electron chi connectivity index (χ1n) is 8.28. The van der Waals surface area contributed by atoms with E-state index in [9.17, 15) is 4.79 Å². The van der Waals surface area contributed by atoms with Crippen LogP contribution in [0.25, 0.3) is 10.9 Å². The Hall–Kier alpha value is -2.59. The summed E-state index contributed by atoms with van der Waals surface area (Å²) in [5, 5.41) is 18.7. The van der Waals surface area contributed by atoms with Gasteiger partial charge in [0.05, 0.1) is 18.2 Å². The molecule has 0 bridgehead atoms. The predicted octanol–water partition coefficient (Wildman–Crippen LogP) is 3.46. The zero-order valence-electron chi connectivity index (χ0n) is 13.6. The standard InChI is InChI=1S/C18H17N5OS/c19-8-3-9-22-10-15(14-4-1-2-5-16(14)22)17(24)11-25-18-21-20-12-23(18)13-6-7-13/h1-2,4-5,10,12-13H,3,6-7,9,11H2. The van der Waals surface area contributed by atoms with E-state index in [0.29, 0.717) is 30.3 Å². The van der Waals surface area contributed by atoms with E-state index in [4.69, 9.17) is 5.26 Å². The van der Waals surface area contributed by atoms with Crippen LogP contribution < -0.4 is 0 Å². The molecule has 1 fully saturated rings. The van der Waals surface area contributed by atoms with Crippen LogP contribution >= 0.6 is 11.8 Å². The highest BCUT2D eigenvalue weighted by atomic mass is 32.2. The van der Waals surface area contributed by atoms with Crippen molar-refractivity contribution in [1.82, 2.24) is 19.3 Å². The molecule has 0 aliphatic heterocycles. The Kier molecular flexibility index (Phi) is 4.28. The molecule has 0 unspecified atom stereocenters. The van der Waals surface area contributed by atoms with Gasteiger partial charge in [-0.25, -0.2) is 0 Å².